The fraction of sp³-hybridized carbons (Fsp3) is 0.105. The monoisotopic (exact) mass is 335 g/mol. The van der Waals surface area contributed by atoms with Gasteiger partial charge in [-0.2, -0.15) is 0 Å². The van der Waals surface area contributed by atoms with E-state index >= 15 is 0 Å². The number of methoxy groups -OCH3 is 1. The van der Waals surface area contributed by atoms with E-state index in [0.29, 0.717) is 23.0 Å². The van der Waals surface area contributed by atoms with Crippen LogP contribution < -0.4 is 14.8 Å². The number of benzene rings is 2. The zero-order chi connectivity index (χ0) is 17.5. The van der Waals surface area contributed by atoms with E-state index in [4.69, 9.17) is 9.47 Å². The topological polar surface area (TPSA) is 73.3 Å². The number of para-hydroxylation sites is 2. The van der Waals surface area contributed by atoms with Crippen molar-refractivity contribution in [3.05, 3.63) is 67.0 Å². The second-order valence-corrected chi connectivity index (χ2v) is 5.15. The summed E-state index contributed by atoms with van der Waals surface area (Å²) >= 11 is 0. The molecule has 0 aliphatic heterocycles. The van der Waals surface area contributed by atoms with Crippen molar-refractivity contribution in [2.24, 2.45) is 0 Å². The van der Waals surface area contributed by atoms with Gasteiger partial charge in [-0.15, -0.1) is 0 Å². The number of carbonyl (C=O) groups is 1. The number of hydrogen-bond acceptors (Lipinski definition) is 5. The number of nitrogens with zero attached hydrogens (tertiary/aromatic N) is 2. The maximum absolute atomic E-state index is 12.0. The summed E-state index contributed by atoms with van der Waals surface area (Å²) in [4.78, 5) is 20.5. The van der Waals surface area contributed by atoms with E-state index in [0.717, 1.165) is 5.56 Å². The summed E-state index contributed by atoms with van der Waals surface area (Å²) in [5.41, 5.74) is 1.42. The smallest absolute Gasteiger partial charge is 0.262 e. The van der Waals surface area contributed by atoms with Crippen LogP contribution in [0.15, 0.2) is 67.0 Å². The highest BCUT2D eigenvalue weighted by Crippen LogP contribution is 2.25. The minimum Gasteiger partial charge on any atom is -0.493 e. The summed E-state index contributed by atoms with van der Waals surface area (Å²) in [7, 11) is 1.55. The lowest BCUT2D eigenvalue weighted by molar-refractivity contribution is -0.118. The first kappa shape index (κ1) is 16.4. The van der Waals surface area contributed by atoms with Crippen LogP contribution in [0.3, 0.4) is 0 Å². The largest absolute Gasteiger partial charge is 0.493 e. The first-order valence-electron chi connectivity index (χ1n) is 7.69. The molecule has 0 atom stereocenters. The number of aromatic nitrogens is 2. The summed E-state index contributed by atoms with van der Waals surface area (Å²) in [6.07, 6.45) is 3.13. The number of carbonyl (C=O) groups excluding carboxylic acids is 1. The molecule has 0 saturated heterocycles. The second-order valence-electron chi connectivity index (χ2n) is 5.15. The van der Waals surface area contributed by atoms with Gasteiger partial charge in [0.15, 0.2) is 23.9 Å². The molecule has 1 amide bonds. The Kier molecular flexibility index (Phi) is 5.21. The predicted molar refractivity (Wildman–Crippen MR) is 94.6 cm³/mol. The molecule has 0 saturated carbocycles. The molecule has 3 aromatic rings. The van der Waals surface area contributed by atoms with E-state index in [-0.39, 0.29) is 12.5 Å². The number of ether oxygens (including phenoxy) is 2. The molecule has 6 nitrogen and oxygen atoms in total. The number of rotatable bonds is 6. The Bertz CT molecular complexity index is 836. The van der Waals surface area contributed by atoms with Crippen LogP contribution in [0.5, 0.6) is 11.5 Å². The average Bonchev–Trinajstić information content (AvgIpc) is 2.68. The number of nitrogens with one attached hydrogen (secondary N) is 1. The van der Waals surface area contributed by atoms with Crippen molar-refractivity contribution < 1.29 is 14.3 Å². The van der Waals surface area contributed by atoms with Crippen molar-refractivity contribution in [3.8, 4) is 22.9 Å². The van der Waals surface area contributed by atoms with Crippen molar-refractivity contribution in [2.75, 3.05) is 19.0 Å². The molecule has 3 rings (SSSR count). The molecule has 126 valence electrons. The van der Waals surface area contributed by atoms with Crippen LogP contribution in [-0.4, -0.2) is 29.6 Å². The lowest BCUT2D eigenvalue weighted by Crippen LogP contribution is -2.20. The maximum atomic E-state index is 12.0. The normalized spacial score (nSPS) is 10.1. The van der Waals surface area contributed by atoms with E-state index in [9.17, 15) is 4.79 Å². The molecule has 0 aliphatic rings. The molecule has 1 heterocycles. The van der Waals surface area contributed by atoms with Crippen LogP contribution in [0.2, 0.25) is 0 Å². The Morgan fingerprint density at radius 3 is 2.28 bits per heavy atom. The first-order valence-corrected chi connectivity index (χ1v) is 7.69. The van der Waals surface area contributed by atoms with Gasteiger partial charge in [0, 0.05) is 5.56 Å². The number of hydrogen-bond donors (Lipinski definition) is 1. The SMILES string of the molecule is COc1ccccc1OCC(=O)Nc1cnc(-c2ccccc2)nc1. The zero-order valence-electron chi connectivity index (χ0n) is 13.7. The maximum Gasteiger partial charge on any atom is 0.262 e. The van der Waals surface area contributed by atoms with Gasteiger partial charge in [0.05, 0.1) is 25.2 Å². The highest BCUT2D eigenvalue weighted by molar-refractivity contribution is 5.91. The minimum absolute atomic E-state index is 0.138. The molecule has 1 aromatic heterocycles. The molecule has 6 heteroatoms. The Labute approximate surface area is 145 Å². The third-order valence-electron chi connectivity index (χ3n) is 3.40. The summed E-state index contributed by atoms with van der Waals surface area (Å²) in [5, 5.41) is 2.70. The Hall–Kier alpha value is -3.41. The summed E-state index contributed by atoms with van der Waals surface area (Å²) < 4.78 is 10.7. The van der Waals surface area contributed by atoms with Gasteiger partial charge in [-0.05, 0) is 12.1 Å². The number of amides is 1. The molecule has 1 N–H and O–H groups in total. The van der Waals surface area contributed by atoms with E-state index in [1.54, 1.807) is 31.6 Å². The van der Waals surface area contributed by atoms with Crippen LogP contribution >= 0.6 is 0 Å². The van der Waals surface area contributed by atoms with Gasteiger partial charge < -0.3 is 14.8 Å². The highest BCUT2D eigenvalue weighted by Gasteiger charge is 2.08. The summed E-state index contributed by atoms with van der Waals surface area (Å²) in [6, 6.07) is 16.8. The van der Waals surface area contributed by atoms with Gasteiger partial charge in [0.25, 0.3) is 5.91 Å². The minimum atomic E-state index is -0.304. The van der Waals surface area contributed by atoms with Gasteiger partial charge in [0.2, 0.25) is 0 Å². The Balaban J connectivity index is 1.58. The highest BCUT2D eigenvalue weighted by atomic mass is 16.5. The van der Waals surface area contributed by atoms with Crippen molar-refractivity contribution in [1.82, 2.24) is 9.97 Å². The van der Waals surface area contributed by atoms with Crippen molar-refractivity contribution in [3.63, 3.8) is 0 Å². The molecule has 0 aliphatic carbocycles. The van der Waals surface area contributed by atoms with Crippen LogP contribution in [-0.2, 0) is 4.79 Å². The summed E-state index contributed by atoms with van der Waals surface area (Å²) in [6.45, 7) is -0.138. The lowest BCUT2D eigenvalue weighted by Gasteiger charge is -2.10. The molecule has 0 fully saturated rings. The van der Waals surface area contributed by atoms with Crippen LogP contribution in [0.4, 0.5) is 5.69 Å². The quantitative estimate of drug-likeness (QED) is 0.749. The van der Waals surface area contributed by atoms with E-state index in [1.165, 1.54) is 0 Å². The van der Waals surface area contributed by atoms with E-state index in [2.05, 4.69) is 15.3 Å². The third-order valence-corrected chi connectivity index (χ3v) is 3.40. The number of anilines is 1. The molecule has 0 spiro atoms. The van der Waals surface area contributed by atoms with Gasteiger partial charge in [-0.3, -0.25) is 4.79 Å². The molecular weight excluding hydrogens is 318 g/mol. The molecule has 0 unspecified atom stereocenters. The first-order chi connectivity index (χ1) is 12.3. The second kappa shape index (κ2) is 7.92. The standard InChI is InChI=1S/C19H17N3O3/c1-24-16-9-5-6-10-17(16)25-13-18(23)22-15-11-20-19(21-12-15)14-7-3-2-4-8-14/h2-12H,13H2,1H3,(H,22,23). The molecule has 25 heavy (non-hydrogen) atoms. The van der Waals surface area contributed by atoms with Crippen LogP contribution in [0, 0.1) is 0 Å². The van der Waals surface area contributed by atoms with Gasteiger partial charge in [-0.1, -0.05) is 42.5 Å². The molecule has 0 radical (unpaired) electrons. The molecule has 0 bridgehead atoms. The fourth-order valence-corrected chi connectivity index (χ4v) is 2.21. The van der Waals surface area contributed by atoms with Gasteiger partial charge in [0.1, 0.15) is 0 Å². The average molecular weight is 335 g/mol. The fourth-order valence-electron chi connectivity index (χ4n) is 2.21. The van der Waals surface area contributed by atoms with Crippen LogP contribution in [0.1, 0.15) is 0 Å². The Morgan fingerprint density at radius 1 is 0.960 bits per heavy atom. The summed E-state index contributed by atoms with van der Waals surface area (Å²) in [5.74, 6) is 1.38. The molecular formula is C19H17N3O3. The van der Waals surface area contributed by atoms with Crippen molar-refractivity contribution >= 4 is 11.6 Å². The van der Waals surface area contributed by atoms with Crippen molar-refractivity contribution in [1.29, 1.82) is 0 Å². The van der Waals surface area contributed by atoms with E-state index < -0.39 is 0 Å². The van der Waals surface area contributed by atoms with Crippen molar-refractivity contribution in [2.45, 2.75) is 0 Å². The lowest BCUT2D eigenvalue weighted by atomic mass is 10.2. The predicted octanol–water partition coefficient (Wildman–Crippen LogP) is 3.17. The van der Waals surface area contributed by atoms with Crippen LogP contribution in [0.25, 0.3) is 11.4 Å². The zero-order valence-corrected chi connectivity index (χ0v) is 13.7. The Morgan fingerprint density at radius 2 is 1.60 bits per heavy atom. The third kappa shape index (κ3) is 4.32. The van der Waals surface area contributed by atoms with Gasteiger partial charge >= 0.3 is 0 Å². The van der Waals surface area contributed by atoms with E-state index in [1.807, 2.05) is 42.5 Å². The molecule has 2 aromatic carbocycles. The van der Waals surface area contributed by atoms with Gasteiger partial charge in [-0.25, -0.2) is 9.97 Å².